The van der Waals surface area contributed by atoms with E-state index in [-0.39, 0.29) is 23.6 Å². The number of halogens is 1. The number of ether oxygens (including phenoxy) is 1. The van der Waals surface area contributed by atoms with Crippen molar-refractivity contribution in [1.82, 2.24) is 9.80 Å². The van der Waals surface area contributed by atoms with Gasteiger partial charge in [-0.05, 0) is 29.9 Å². The van der Waals surface area contributed by atoms with Crippen LogP contribution in [-0.4, -0.2) is 61.1 Å². The van der Waals surface area contributed by atoms with Crippen molar-refractivity contribution < 1.29 is 13.9 Å². The van der Waals surface area contributed by atoms with Crippen LogP contribution in [-0.2, 0) is 9.53 Å². The van der Waals surface area contributed by atoms with Crippen molar-refractivity contribution >= 4 is 5.91 Å². The van der Waals surface area contributed by atoms with E-state index in [1.807, 2.05) is 17.0 Å². The average Bonchev–Trinajstić information content (AvgIpc) is 3.32. The van der Waals surface area contributed by atoms with Crippen molar-refractivity contribution in [3.63, 3.8) is 0 Å². The minimum atomic E-state index is -0.179. The molecule has 0 radical (unpaired) electrons. The molecule has 1 aliphatic carbocycles. The van der Waals surface area contributed by atoms with Gasteiger partial charge in [-0.2, -0.15) is 0 Å². The van der Waals surface area contributed by atoms with Crippen LogP contribution < -0.4 is 0 Å². The van der Waals surface area contributed by atoms with Crippen molar-refractivity contribution in [2.24, 2.45) is 11.8 Å². The van der Waals surface area contributed by atoms with E-state index in [2.05, 4.69) is 11.8 Å². The Morgan fingerprint density at radius 3 is 2.72 bits per heavy atom. The Bertz CT molecular complexity index is 632. The van der Waals surface area contributed by atoms with Crippen LogP contribution in [0.15, 0.2) is 24.3 Å². The summed E-state index contributed by atoms with van der Waals surface area (Å²) in [7, 11) is 0. The van der Waals surface area contributed by atoms with Gasteiger partial charge in [0.15, 0.2) is 0 Å². The molecule has 0 aromatic heterocycles. The lowest BCUT2D eigenvalue weighted by atomic mass is 9.99. The molecule has 4 nitrogen and oxygen atoms in total. The highest BCUT2D eigenvalue weighted by molar-refractivity contribution is 5.83. The number of benzene rings is 1. The summed E-state index contributed by atoms with van der Waals surface area (Å²) in [5.74, 6) is 0.617. The Labute approximate surface area is 148 Å². The van der Waals surface area contributed by atoms with Gasteiger partial charge in [0.1, 0.15) is 5.82 Å². The van der Waals surface area contributed by atoms with Gasteiger partial charge in [0.05, 0.1) is 13.2 Å². The molecule has 0 spiro atoms. The maximum atomic E-state index is 14.0. The maximum Gasteiger partial charge on any atom is 0.226 e. The molecule has 2 heterocycles. The van der Waals surface area contributed by atoms with Crippen molar-refractivity contribution in [3.05, 3.63) is 35.6 Å². The monoisotopic (exact) mass is 346 g/mol. The molecule has 2 saturated heterocycles. The van der Waals surface area contributed by atoms with Crippen LogP contribution in [0.2, 0.25) is 0 Å². The molecular formula is C20H27FN2O2. The van der Waals surface area contributed by atoms with E-state index < -0.39 is 0 Å². The van der Waals surface area contributed by atoms with Crippen LogP contribution in [0.25, 0.3) is 0 Å². The Kier molecular flexibility index (Phi) is 4.78. The molecule has 2 aliphatic heterocycles. The lowest BCUT2D eigenvalue weighted by Gasteiger charge is -2.34. The van der Waals surface area contributed by atoms with Gasteiger partial charge < -0.3 is 9.64 Å². The third-order valence-electron chi connectivity index (χ3n) is 6.17. The molecule has 4 atom stereocenters. The van der Waals surface area contributed by atoms with Crippen molar-refractivity contribution in [3.8, 4) is 0 Å². The van der Waals surface area contributed by atoms with E-state index in [1.54, 1.807) is 6.07 Å². The van der Waals surface area contributed by atoms with Gasteiger partial charge in [-0.15, -0.1) is 0 Å². The van der Waals surface area contributed by atoms with E-state index in [4.69, 9.17) is 4.74 Å². The molecular weight excluding hydrogens is 319 g/mol. The lowest BCUT2D eigenvalue weighted by molar-refractivity contribution is -0.132. The molecule has 1 aromatic carbocycles. The average molecular weight is 346 g/mol. The first kappa shape index (κ1) is 17.0. The van der Waals surface area contributed by atoms with Crippen molar-refractivity contribution in [1.29, 1.82) is 0 Å². The summed E-state index contributed by atoms with van der Waals surface area (Å²) in [6, 6.07) is 7.32. The van der Waals surface area contributed by atoms with Crippen LogP contribution in [0.5, 0.6) is 0 Å². The summed E-state index contributed by atoms with van der Waals surface area (Å²) in [6.45, 7) is 7.38. The highest BCUT2D eigenvalue weighted by atomic mass is 19.1. The second-order valence-corrected chi connectivity index (χ2v) is 7.60. The van der Waals surface area contributed by atoms with Crippen LogP contribution in [0, 0.1) is 17.7 Å². The fourth-order valence-corrected chi connectivity index (χ4v) is 4.58. The predicted molar refractivity (Wildman–Crippen MR) is 93.8 cm³/mol. The van der Waals surface area contributed by atoms with E-state index >= 15 is 0 Å². The number of likely N-dealkylation sites (tertiary alicyclic amines) is 1. The first-order valence-electron chi connectivity index (χ1n) is 9.54. The molecule has 1 saturated carbocycles. The molecule has 5 heteroatoms. The van der Waals surface area contributed by atoms with Crippen molar-refractivity contribution in [2.75, 3.05) is 39.4 Å². The van der Waals surface area contributed by atoms with Gasteiger partial charge in [-0.25, -0.2) is 4.39 Å². The zero-order valence-electron chi connectivity index (χ0n) is 14.9. The number of hydrogen-bond acceptors (Lipinski definition) is 3. The SMILES string of the molecule is CCC1CN(C(=O)C2CC2c2ccccc2F)CC1N1CCOCC1. The standard InChI is InChI=1S/C20H27FN2O2/c1-2-14-12-23(13-19(14)22-7-9-25-10-8-22)20(24)17-11-16(17)15-5-3-4-6-18(15)21/h3-6,14,16-17,19H,2,7-13H2,1H3. The van der Waals surface area contributed by atoms with E-state index in [0.717, 1.165) is 52.2 Å². The maximum absolute atomic E-state index is 14.0. The van der Waals surface area contributed by atoms with E-state index in [0.29, 0.717) is 17.5 Å². The number of morpholine rings is 1. The normalized spacial score (nSPS) is 32.8. The molecule has 3 fully saturated rings. The van der Waals surface area contributed by atoms with Gasteiger partial charge in [-0.1, -0.05) is 31.5 Å². The fraction of sp³-hybridized carbons (Fsp3) is 0.650. The zero-order valence-corrected chi connectivity index (χ0v) is 14.9. The minimum Gasteiger partial charge on any atom is -0.379 e. The number of carbonyl (C=O) groups excluding carboxylic acids is 1. The number of nitrogens with zero attached hydrogens (tertiary/aromatic N) is 2. The molecule has 4 rings (SSSR count). The molecule has 1 aromatic rings. The summed E-state index contributed by atoms with van der Waals surface area (Å²) in [5.41, 5.74) is 0.705. The number of carbonyl (C=O) groups is 1. The topological polar surface area (TPSA) is 32.8 Å². The molecule has 136 valence electrons. The summed E-state index contributed by atoms with van der Waals surface area (Å²) >= 11 is 0. The number of amides is 1. The molecule has 25 heavy (non-hydrogen) atoms. The Hall–Kier alpha value is -1.46. The molecule has 1 amide bonds. The number of hydrogen-bond donors (Lipinski definition) is 0. The van der Waals surface area contributed by atoms with Crippen LogP contribution in [0.3, 0.4) is 0 Å². The zero-order chi connectivity index (χ0) is 17.4. The molecule has 3 aliphatic rings. The smallest absolute Gasteiger partial charge is 0.226 e. The highest BCUT2D eigenvalue weighted by Crippen LogP contribution is 2.49. The van der Waals surface area contributed by atoms with Gasteiger partial charge >= 0.3 is 0 Å². The van der Waals surface area contributed by atoms with Gasteiger partial charge in [0.2, 0.25) is 5.91 Å². The Balaban J connectivity index is 1.41. The van der Waals surface area contributed by atoms with Gasteiger partial charge in [0.25, 0.3) is 0 Å². The summed E-state index contributed by atoms with van der Waals surface area (Å²) in [4.78, 5) is 17.5. The summed E-state index contributed by atoms with van der Waals surface area (Å²) < 4.78 is 19.4. The lowest BCUT2D eigenvalue weighted by Crippen LogP contribution is -2.47. The molecule has 4 unspecified atom stereocenters. The summed E-state index contributed by atoms with van der Waals surface area (Å²) in [5, 5.41) is 0. The minimum absolute atomic E-state index is 0.0298. The van der Waals surface area contributed by atoms with Gasteiger partial charge in [0, 0.05) is 38.1 Å². The van der Waals surface area contributed by atoms with Crippen LogP contribution >= 0.6 is 0 Å². The van der Waals surface area contributed by atoms with E-state index in [1.165, 1.54) is 6.07 Å². The number of rotatable bonds is 4. The first-order valence-corrected chi connectivity index (χ1v) is 9.54. The Morgan fingerprint density at radius 2 is 2.00 bits per heavy atom. The second kappa shape index (κ2) is 7.04. The first-order chi connectivity index (χ1) is 12.2. The van der Waals surface area contributed by atoms with Crippen LogP contribution in [0.1, 0.15) is 31.2 Å². The van der Waals surface area contributed by atoms with Crippen molar-refractivity contribution in [2.45, 2.75) is 31.7 Å². The largest absolute Gasteiger partial charge is 0.379 e. The fourth-order valence-electron chi connectivity index (χ4n) is 4.58. The summed E-state index contributed by atoms with van der Waals surface area (Å²) in [6.07, 6.45) is 1.88. The molecule has 0 bridgehead atoms. The highest BCUT2D eigenvalue weighted by Gasteiger charge is 2.49. The van der Waals surface area contributed by atoms with Gasteiger partial charge in [-0.3, -0.25) is 9.69 Å². The quantitative estimate of drug-likeness (QED) is 0.840. The molecule has 0 N–H and O–H groups in total. The van der Waals surface area contributed by atoms with E-state index in [9.17, 15) is 9.18 Å². The predicted octanol–water partition coefficient (Wildman–Crippen LogP) is 2.50. The Morgan fingerprint density at radius 1 is 1.24 bits per heavy atom. The third kappa shape index (κ3) is 3.32. The van der Waals surface area contributed by atoms with Crippen LogP contribution in [0.4, 0.5) is 4.39 Å². The second-order valence-electron chi connectivity index (χ2n) is 7.60. The third-order valence-corrected chi connectivity index (χ3v) is 6.17.